The van der Waals surface area contributed by atoms with Crippen molar-refractivity contribution >= 4 is 50.9 Å². The molecule has 2 N–H and O–H groups in total. The number of hydrogen-bond acceptors (Lipinski definition) is 2. The van der Waals surface area contributed by atoms with E-state index < -0.39 is 5.91 Å². The lowest BCUT2D eigenvalue weighted by molar-refractivity contribution is 0.100. The number of primary amides is 1. The average Bonchev–Trinajstić information content (AvgIpc) is 3.07. The fraction of sp³-hybridized carbons (Fsp3) is 0.0400. The summed E-state index contributed by atoms with van der Waals surface area (Å²) in [4.78, 5) is 16.3. The number of pyridine rings is 1. The predicted molar refractivity (Wildman–Crippen MR) is 127 cm³/mol. The van der Waals surface area contributed by atoms with Gasteiger partial charge >= 0.3 is 0 Å². The van der Waals surface area contributed by atoms with Gasteiger partial charge in [0, 0.05) is 50.9 Å². The van der Waals surface area contributed by atoms with Crippen molar-refractivity contribution in [2.75, 3.05) is 0 Å². The topological polar surface area (TPSA) is 60.9 Å². The van der Waals surface area contributed by atoms with Crippen LogP contribution in [0.4, 0.5) is 0 Å². The van der Waals surface area contributed by atoms with Gasteiger partial charge in [-0.1, -0.05) is 47.5 Å². The molecule has 5 aromatic rings. The smallest absolute Gasteiger partial charge is 0.249 e. The number of benzene rings is 3. The molecule has 3 aromatic carbocycles. The molecule has 0 unspecified atom stereocenters. The molecular formula is C25H17Cl2N3O. The molecule has 0 aliphatic rings. The van der Waals surface area contributed by atoms with E-state index in [1.54, 1.807) is 24.5 Å². The summed E-state index contributed by atoms with van der Waals surface area (Å²) in [6, 6.07) is 21.2. The van der Waals surface area contributed by atoms with Crippen molar-refractivity contribution in [3.05, 3.63) is 100 Å². The molecule has 2 aromatic heterocycles. The Labute approximate surface area is 188 Å². The Balaban J connectivity index is 1.82. The Kier molecular flexibility index (Phi) is 4.89. The predicted octanol–water partition coefficient (Wildman–Crippen LogP) is 6.31. The lowest BCUT2D eigenvalue weighted by Crippen LogP contribution is -2.11. The van der Waals surface area contributed by atoms with Crippen molar-refractivity contribution in [1.82, 2.24) is 9.55 Å². The fourth-order valence-electron chi connectivity index (χ4n) is 4.08. The van der Waals surface area contributed by atoms with Crippen LogP contribution in [0.15, 0.2) is 79.1 Å². The summed E-state index contributed by atoms with van der Waals surface area (Å²) in [6.45, 7) is 0.628. The minimum Gasteiger partial charge on any atom is -0.366 e. The third kappa shape index (κ3) is 3.44. The van der Waals surface area contributed by atoms with Crippen LogP contribution in [0, 0.1) is 0 Å². The first-order chi connectivity index (χ1) is 15.0. The number of rotatable bonds is 4. The fourth-order valence-corrected chi connectivity index (χ4v) is 4.60. The molecule has 2 heterocycles. The van der Waals surface area contributed by atoms with Gasteiger partial charge in [0.25, 0.3) is 0 Å². The second-order valence-corrected chi connectivity index (χ2v) is 8.21. The van der Waals surface area contributed by atoms with E-state index in [-0.39, 0.29) is 0 Å². The largest absolute Gasteiger partial charge is 0.366 e. The highest BCUT2D eigenvalue weighted by Crippen LogP contribution is 2.37. The van der Waals surface area contributed by atoms with Crippen molar-refractivity contribution in [1.29, 1.82) is 0 Å². The molecule has 1 amide bonds. The summed E-state index contributed by atoms with van der Waals surface area (Å²) in [7, 11) is 0. The zero-order valence-electron chi connectivity index (χ0n) is 16.3. The van der Waals surface area contributed by atoms with Crippen molar-refractivity contribution in [2.24, 2.45) is 5.73 Å². The molecule has 5 rings (SSSR count). The van der Waals surface area contributed by atoms with Crippen molar-refractivity contribution < 1.29 is 4.79 Å². The maximum Gasteiger partial charge on any atom is 0.249 e. The first kappa shape index (κ1) is 19.6. The molecular weight excluding hydrogens is 429 g/mol. The third-order valence-corrected chi connectivity index (χ3v) is 6.04. The van der Waals surface area contributed by atoms with Crippen LogP contribution in [0.5, 0.6) is 0 Å². The maximum atomic E-state index is 12.2. The van der Waals surface area contributed by atoms with Crippen LogP contribution in [0.2, 0.25) is 10.0 Å². The van der Waals surface area contributed by atoms with Gasteiger partial charge in [-0.2, -0.15) is 0 Å². The molecule has 0 bridgehead atoms. The van der Waals surface area contributed by atoms with Gasteiger partial charge < -0.3 is 10.3 Å². The van der Waals surface area contributed by atoms with E-state index in [4.69, 9.17) is 28.9 Å². The average molecular weight is 446 g/mol. The standard InChI is InChI=1S/C25H17Cl2N3O/c26-17-5-7-18(21(27)13-17)16-4-6-19-23(12-16)30(14-15-8-10-29-11-9-15)22-3-1-2-20(24(19)22)25(28)31/h1-13H,14H2,(H2,28,31). The van der Waals surface area contributed by atoms with Crippen LogP contribution >= 0.6 is 23.2 Å². The molecule has 0 spiro atoms. The number of carbonyl (C=O) groups is 1. The van der Waals surface area contributed by atoms with Gasteiger partial charge in [0.2, 0.25) is 5.91 Å². The van der Waals surface area contributed by atoms with Crippen LogP contribution in [0.3, 0.4) is 0 Å². The molecule has 0 aliphatic carbocycles. The van der Waals surface area contributed by atoms with E-state index in [0.29, 0.717) is 22.2 Å². The summed E-state index contributed by atoms with van der Waals surface area (Å²) in [5.41, 5.74) is 11.1. The van der Waals surface area contributed by atoms with E-state index in [0.717, 1.165) is 38.5 Å². The number of fused-ring (bicyclic) bond motifs is 3. The van der Waals surface area contributed by atoms with Crippen molar-refractivity contribution in [2.45, 2.75) is 6.54 Å². The number of halogens is 2. The van der Waals surface area contributed by atoms with Gasteiger partial charge in [-0.15, -0.1) is 0 Å². The zero-order chi connectivity index (χ0) is 21.5. The Hall–Kier alpha value is -3.34. The highest BCUT2D eigenvalue weighted by Gasteiger charge is 2.17. The first-order valence-electron chi connectivity index (χ1n) is 9.72. The summed E-state index contributed by atoms with van der Waals surface area (Å²) in [5.74, 6) is -0.446. The summed E-state index contributed by atoms with van der Waals surface area (Å²) >= 11 is 12.5. The molecule has 152 valence electrons. The van der Waals surface area contributed by atoms with Gasteiger partial charge in [-0.3, -0.25) is 9.78 Å². The number of carbonyl (C=O) groups excluding carboxylic acids is 1. The van der Waals surface area contributed by atoms with Gasteiger partial charge in [0.05, 0.1) is 11.0 Å². The van der Waals surface area contributed by atoms with E-state index in [1.165, 1.54) is 0 Å². The minimum atomic E-state index is -0.446. The second-order valence-electron chi connectivity index (χ2n) is 7.36. The van der Waals surface area contributed by atoms with Crippen LogP contribution in [0.25, 0.3) is 32.9 Å². The Morgan fingerprint density at radius 2 is 1.74 bits per heavy atom. The SMILES string of the molecule is NC(=O)c1cccc2c1c1ccc(-c3ccc(Cl)cc3Cl)cc1n2Cc1ccncc1. The Bertz CT molecular complexity index is 1460. The van der Waals surface area contributed by atoms with Crippen molar-refractivity contribution in [3.63, 3.8) is 0 Å². The van der Waals surface area contributed by atoms with E-state index in [2.05, 4.69) is 15.6 Å². The Morgan fingerprint density at radius 1 is 0.935 bits per heavy atom. The van der Waals surface area contributed by atoms with Gasteiger partial charge in [-0.05, 0) is 53.6 Å². The van der Waals surface area contributed by atoms with Gasteiger partial charge in [0.15, 0.2) is 0 Å². The lowest BCUT2D eigenvalue weighted by atomic mass is 10.0. The molecule has 4 nitrogen and oxygen atoms in total. The van der Waals surface area contributed by atoms with E-state index in [9.17, 15) is 4.79 Å². The molecule has 6 heteroatoms. The quantitative estimate of drug-likeness (QED) is 0.352. The highest BCUT2D eigenvalue weighted by atomic mass is 35.5. The molecule has 0 atom stereocenters. The third-order valence-electron chi connectivity index (χ3n) is 5.49. The molecule has 0 fully saturated rings. The zero-order valence-corrected chi connectivity index (χ0v) is 17.9. The summed E-state index contributed by atoms with van der Waals surface area (Å²) < 4.78 is 2.19. The van der Waals surface area contributed by atoms with Crippen molar-refractivity contribution in [3.8, 4) is 11.1 Å². The van der Waals surface area contributed by atoms with E-state index in [1.807, 2.05) is 48.5 Å². The molecule has 0 radical (unpaired) electrons. The lowest BCUT2D eigenvalue weighted by Gasteiger charge is -2.10. The number of amides is 1. The minimum absolute atomic E-state index is 0.446. The number of nitrogens with zero attached hydrogens (tertiary/aromatic N) is 2. The monoisotopic (exact) mass is 445 g/mol. The Morgan fingerprint density at radius 3 is 2.48 bits per heavy atom. The molecule has 0 aliphatic heterocycles. The van der Waals surface area contributed by atoms with Crippen LogP contribution in [-0.2, 0) is 6.54 Å². The van der Waals surface area contributed by atoms with Crippen LogP contribution < -0.4 is 5.73 Å². The first-order valence-corrected chi connectivity index (χ1v) is 10.5. The normalized spacial score (nSPS) is 11.3. The van der Waals surface area contributed by atoms with Gasteiger partial charge in [0.1, 0.15) is 0 Å². The van der Waals surface area contributed by atoms with Gasteiger partial charge in [-0.25, -0.2) is 0 Å². The summed E-state index contributed by atoms with van der Waals surface area (Å²) in [5, 5.41) is 2.99. The highest BCUT2D eigenvalue weighted by molar-refractivity contribution is 6.36. The summed E-state index contributed by atoms with van der Waals surface area (Å²) in [6.07, 6.45) is 3.55. The van der Waals surface area contributed by atoms with Crippen LogP contribution in [-0.4, -0.2) is 15.5 Å². The maximum absolute atomic E-state index is 12.2. The van der Waals surface area contributed by atoms with Crippen LogP contribution in [0.1, 0.15) is 15.9 Å². The number of nitrogens with two attached hydrogens (primary N) is 1. The number of hydrogen-bond donors (Lipinski definition) is 1. The molecule has 31 heavy (non-hydrogen) atoms. The molecule has 0 saturated heterocycles. The molecule has 0 saturated carbocycles. The van der Waals surface area contributed by atoms with E-state index >= 15 is 0 Å². The number of aromatic nitrogens is 2. The second kappa shape index (κ2) is 7.73.